The van der Waals surface area contributed by atoms with E-state index in [1.807, 2.05) is 48.5 Å². The van der Waals surface area contributed by atoms with Crippen LogP contribution in [0.15, 0.2) is 77.3 Å². The van der Waals surface area contributed by atoms with E-state index in [1.165, 1.54) is 0 Å². The molecule has 10 rings (SSSR count). The fraction of sp³-hybridized carbons (Fsp3) is 0.452. The van der Waals surface area contributed by atoms with Gasteiger partial charge >= 0.3 is 0 Å². The van der Waals surface area contributed by atoms with Crippen molar-refractivity contribution in [2.45, 2.75) is 87.4 Å². The molecule has 0 spiro atoms. The minimum absolute atomic E-state index is 0.0424. The smallest absolute Gasteiger partial charge is 0.268 e. The first-order valence-corrected chi connectivity index (χ1v) is 20.2. The summed E-state index contributed by atoms with van der Waals surface area (Å²) in [5, 5.41) is 19.7. The number of allylic oxidation sites excluding steroid dienone is 1. The van der Waals surface area contributed by atoms with E-state index in [4.69, 9.17) is 20.9 Å². The normalized spacial score (nSPS) is 31.8. The molecular formula is C42H47N3O7S. The number of aliphatic hydroxyl groups is 1. The van der Waals surface area contributed by atoms with Crippen LogP contribution in [0.1, 0.15) is 103 Å². The monoisotopic (exact) mass is 737 g/mol. The highest BCUT2D eigenvalue weighted by Gasteiger charge is 2.48. The summed E-state index contributed by atoms with van der Waals surface area (Å²) >= 11 is 0. The van der Waals surface area contributed by atoms with E-state index in [2.05, 4.69) is 29.8 Å². The van der Waals surface area contributed by atoms with Gasteiger partial charge in [-0.05, 0) is 115 Å². The largest absolute Gasteiger partial charge is 0.508 e. The summed E-state index contributed by atoms with van der Waals surface area (Å²) in [4.78, 5) is 4.43. The molecule has 5 heterocycles. The third-order valence-electron chi connectivity index (χ3n) is 12.3. The molecule has 7 N–H and O–H groups in total. The molecule has 0 aromatic heterocycles. The van der Waals surface area contributed by atoms with Gasteiger partial charge in [-0.1, -0.05) is 61.2 Å². The molecule has 2 aliphatic carbocycles. The van der Waals surface area contributed by atoms with Crippen molar-refractivity contribution in [2.24, 2.45) is 40.1 Å². The number of aromatic hydroxyl groups is 1. The van der Waals surface area contributed by atoms with Crippen LogP contribution in [0.25, 0.3) is 0 Å². The van der Waals surface area contributed by atoms with E-state index in [1.54, 1.807) is 12.1 Å². The van der Waals surface area contributed by atoms with Gasteiger partial charge < -0.3 is 31.2 Å². The van der Waals surface area contributed by atoms with Crippen LogP contribution in [0.2, 0.25) is 0 Å². The van der Waals surface area contributed by atoms with E-state index < -0.39 is 33.6 Å². The van der Waals surface area contributed by atoms with Crippen LogP contribution in [0, 0.1) is 35.5 Å². The summed E-state index contributed by atoms with van der Waals surface area (Å²) < 4.78 is 52.5. The van der Waals surface area contributed by atoms with Gasteiger partial charge in [0, 0.05) is 35.6 Å². The lowest BCUT2D eigenvalue weighted by Crippen LogP contribution is -2.40. The molecule has 7 aliphatic rings. The lowest BCUT2D eigenvalue weighted by atomic mass is 9.64. The van der Waals surface area contributed by atoms with E-state index in [0.29, 0.717) is 37.0 Å². The Bertz CT molecular complexity index is 2120. The Kier molecular flexibility index (Phi) is 9.52. The Morgan fingerprint density at radius 2 is 1.77 bits per heavy atom. The SMILES string of the molecule is CC1CCc2cc3ccc2C1CC(S(=O)(=O)O)C1C=C2CC(CC4CC(CO)CC#Cc5cc(O)ccc5C2O4)C1c1ccc(cc1)C(N=C(N)N)O3. The van der Waals surface area contributed by atoms with E-state index in [9.17, 15) is 23.2 Å². The van der Waals surface area contributed by atoms with Crippen molar-refractivity contribution < 1.29 is 32.7 Å². The third-order valence-corrected chi connectivity index (χ3v) is 13.6. The van der Waals surface area contributed by atoms with Crippen molar-refractivity contribution in [3.63, 3.8) is 0 Å². The molecule has 3 aromatic rings. The van der Waals surface area contributed by atoms with Crippen molar-refractivity contribution in [1.29, 1.82) is 0 Å². The van der Waals surface area contributed by atoms with Crippen LogP contribution < -0.4 is 16.2 Å². The number of aliphatic imine (C=N–C) groups is 1. The number of nitrogens with zero attached hydrogens (tertiary/aromatic N) is 1. The molecule has 53 heavy (non-hydrogen) atoms. The minimum Gasteiger partial charge on any atom is -0.508 e. The second-order valence-electron chi connectivity index (χ2n) is 15.7. The number of phenols is 1. The molecule has 10 bridgehead atoms. The Hall–Kier alpha value is -4.34. The zero-order valence-corrected chi connectivity index (χ0v) is 30.6. The molecule has 0 radical (unpaired) electrons. The molecule has 10 nitrogen and oxygen atoms in total. The summed E-state index contributed by atoms with van der Waals surface area (Å²) in [5.41, 5.74) is 18.0. The maximum absolute atomic E-state index is 13.9. The average molecular weight is 738 g/mol. The van der Waals surface area contributed by atoms with Crippen LogP contribution in [-0.2, 0) is 21.3 Å². The lowest BCUT2D eigenvalue weighted by molar-refractivity contribution is -0.0131. The molecule has 0 amide bonds. The number of nitrogens with two attached hydrogens (primary N) is 2. The van der Waals surface area contributed by atoms with E-state index >= 15 is 0 Å². The first-order chi connectivity index (χ1) is 25.4. The number of phenolic OH excluding ortho intramolecular Hbond substituents is 1. The molecular weight excluding hydrogens is 691 g/mol. The third kappa shape index (κ3) is 7.06. The second kappa shape index (κ2) is 14.1. The Balaban J connectivity index is 1.34. The first-order valence-electron chi connectivity index (χ1n) is 18.7. The summed E-state index contributed by atoms with van der Waals surface area (Å²) in [5.74, 6) is 6.08. The Morgan fingerprint density at radius 1 is 1.00 bits per heavy atom. The molecule has 5 aliphatic heterocycles. The molecule has 1 saturated heterocycles. The molecule has 10 atom stereocenters. The lowest BCUT2D eigenvalue weighted by Gasteiger charge is -2.42. The Labute approximate surface area is 311 Å². The number of benzene rings is 3. The highest BCUT2D eigenvalue weighted by molar-refractivity contribution is 7.86. The highest BCUT2D eigenvalue weighted by atomic mass is 32.2. The van der Waals surface area contributed by atoms with Gasteiger partial charge in [-0.15, -0.1) is 0 Å². The standard InChI is InChI=1S/C42H47N3O7S/c1-23-5-6-28-18-32-12-14-34(28)36(23)21-38(53(48,49)50)37-20-30-16-29(39(37)25-7-9-26(10-8-25)41(52-32)45-42(43)44)19-33-15-24(22-46)3-2-4-27-17-31(47)11-13-35(27)40(30)51-33/h7-14,17-18,20,23-24,29,33,36-41,46-47H,3,5-6,15-16,19,21-22H2,1H3,(H4,43,44,45)(H,48,49,50). The molecule has 0 saturated carbocycles. The topological polar surface area (TPSA) is 178 Å². The molecule has 1 fully saturated rings. The van der Waals surface area contributed by atoms with Crippen LogP contribution in [0.3, 0.4) is 0 Å². The van der Waals surface area contributed by atoms with Gasteiger partial charge in [0.25, 0.3) is 10.1 Å². The van der Waals surface area contributed by atoms with Crippen molar-refractivity contribution in [2.75, 3.05) is 6.61 Å². The van der Waals surface area contributed by atoms with Gasteiger partial charge in [-0.3, -0.25) is 4.55 Å². The highest BCUT2D eigenvalue weighted by Crippen LogP contribution is 2.54. The summed E-state index contributed by atoms with van der Waals surface area (Å²) in [6.45, 7) is 2.12. The summed E-state index contributed by atoms with van der Waals surface area (Å²) in [6, 6.07) is 18.9. The van der Waals surface area contributed by atoms with Gasteiger partial charge in [-0.2, -0.15) is 8.42 Å². The molecule has 10 unspecified atom stereocenters. The zero-order chi connectivity index (χ0) is 37.0. The Morgan fingerprint density at radius 3 is 2.53 bits per heavy atom. The number of ether oxygens (including phenoxy) is 2. The number of hydrogen-bond acceptors (Lipinski definition) is 7. The number of hydrogen-bond donors (Lipinski definition) is 5. The van der Waals surface area contributed by atoms with Crippen LogP contribution in [0.4, 0.5) is 0 Å². The number of aryl methyl sites for hydroxylation is 1. The van der Waals surface area contributed by atoms with Gasteiger partial charge in [0.05, 0.1) is 11.4 Å². The van der Waals surface area contributed by atoms with Gasteiger partial charge in [0.1, 0.15) is 17.6 Å². The predicted molar refractivity (Wildman–Crippen MR) is 202 cm³/mol. The summed E-state index contributed by atoms with van der Waals surface area (Å²) in [6.07, 6.45) is 4.73. The summed E-state index contributed by atoms with van der Waals surface area (Å²) in [7, 11) is -4.57. The maximum Gasteiger partial charge on any atom is 0.268 e. The fourth-order valence-corrected chi connectivity index (χ4v) is 10.9. The number of aliphatic hydroxyl groups excluding tert-OH is 1. The maximum atomic E-state index is 13.9. The first kappa shape index (κ1) is 35.7. The van der Waals surface area contributed by atoms with Gasteiger partial charge in [-0.25, -0.2) is 4.99 Å². The fourth-order valence-electron chi connectivity index (χ4n) is 9.81. The average Bonchev–Trinajstić information content (AvgIpc) is 3.25. The number of guanidine groups is 1. The van der Waals surface area contributed by atoms with Crippen molar-refractivity contribution >= 4 is 16.1 Å². The predicted octanol–water partition coefficient (Wildman–Crippen LogP) is 6.00. The van der Waals surface area contributed by atoms with E-state index in [0.717, 1.165) is 46.2 Å². The van der Waals surface area contributed by atoms with Crippen LogP contribution in [-0.4, -0.2) is 47.1 Å². The van der Waals surface area contributed by atoms with Crippen LogP contribution in [0.5, 0.6) is 11.5 Å². The van der Waals surface area contributed by atoms with Crippen molar-refractivity contribution in [1.82, 2.24) is 0 Å². The van der Waals surface area contributed by atoms with Crippen molar-refractivity contribution in [3.8, 4) is 23.3 Å². The molecule has 3 aromatic carbocycles. The molecule has 278 valence electrons. The minimum atomic E-state index is -4.57. The second-order valence-corrected chi connectivity index (χ2v) is 17.3. The molecule has 11 heteroatoms. The quantitative estimate of drug-likeness (QED) is 0.0709. The van der Waals surface area contributed by atoms with Crippen molar-refractivity contribution in [3.05, 3.63) is 106 Å². The number of rotatable bonds is 3. The number of fused-ring (bicyclic) bond motifs is 9. The van der Waals surface area contributed by atoms with E-state index in [-0.39, 0.29) is 60.4 Å². The van der Waals surface area contributed by atoms with Gasteiger partial charge in [0.15, 0.2) is 5.96 Å². The zero-order valence-electron chi connectivity index (χ0n) is 29.8. The van der Waals surface area contributed by atoms with Crippen LogP contribution >= 0.6 is 0 Å². The van der Waals surface area contributed by atoms with Gasteiger partial charge in [0.2, 0.25) is 6.23 Å².